The van der Waals surface area contributed by atoms with E-state index in [-0.39, 0.29) is 0 Å². The van der Waals surface area contributed by atoms with Crippen LogP contribution in [0.4, 0.5) is 5.69 Å². The van der Waals surface area contributed by atoms with Gasteiger partial charge in [0.2, 0.25) is 0 Å². The van der Waals surface area contributed by atoms with Crippen molar-refractivity contribution < 1.29 is 4.79 Å². The number of aldehydes is 1. The Morgan fingerprint density at radius 3 is 2.70 bits per heavy atom. The van der Waals surface area contributed by atoms with Crippen LogP contribution < -0.4 is 5.32 Å². The summed E-state index contributed by atoms with van der Waals surface area (Å²) in [6, 6.07) is 18.4. The fourth-order valence-electron chi connectivity index (χ4n) is 2.80. The van der Waals surface area contributed by atoms with E-state index in [9.17, 15) is 4.79 Å². The van der Waals surface area contributed by atoms with Gasteiger partial charge in [-0.2, -0.15) is 0 Å². The number of aromatic nitrogens is 2. The third kappa shape index (κ3) is 4.83. The molecule has 0 unspecified atom stereocenters. The Bertz CT molecular complexity index is 996. The predicted molar refractivity (Wildman–Crippen MR) is 115 cm³/mol. The predicted octanol–water partition coefficient (Wildman–Crippen LogP) is 5.63. The molecular formula is C22H23N3OS. The standard InChI is InChI=1S/C13H10N2OS.C9H13N/c16-9-10-4-6-15(8-10)17-12-1-2-13-11(7-12)3-5-14-13;1-3-8-6-4-5-7-9(8)10-2/h1-9,14H;4-7,10H,3H2,1-2H3. The number of nitrogens with one attached hydrogen (secondary N) is 2. The number of carbonyl (C=O) groups excluding carboxylic acids is 1. The molecule has 2 aromatic heterocycles. The highest BCUT2D eigenvalue weighted by atomic mass is 32.2. The fourth-order valence-corrected chi connectivity index (χ4v) is 3.65. The van der Waals surface area contributed by atoms with Crippen LogP contribution in [0.2, 0.25) is 0 Å². The highest BCUT2D eigenvalue weighted by molar-refractivity contribution is 7.97. The van der Waals surface area contributed by atoms with Gasteiger partial charge in [-0.15, -0.1) is 0 Å². The highest BCUT2D eigenvalue weighted by Crippen LogP contribution is 2.24. The molecule has 0 aliphatic carbocycles. The lowest BCUT2D eigenvalue weighted by Crippen LogP contribution is -1.92. The minimum Gasteiger partial charge on any atom is -0.388 e. The van der Waals surface area contributed by atoms with Gasteiger partial charge in [-0.05, 0) is 60.3 Å². The zero-order valence-corrected chi connectivity index (χ0v) is 16.3. The number of hydrogen-bond donors (Lipinski definition) is 2. The van der Waals surface area contributed by atoms with Crippen molar-refractivity contribution in [3.05, 3.63) is 84.3 Å². The van der Waals surface area contributed by atoms with Crippen LogP contribution in [0.3, 0.4) is 0 Å². The summed E-state index contributed by atoms with van der Waals surface area (Å²) in [6.07, 6.45) is 7.58. The molecule has 0 fully saturated rings. The highest BCUT2D eigenvalue weighted by Gasteiger charge is 2.00. The molecule has 0 saturated carbocycles. The van der Waals surface area contributed by atoms with E-state index in [1.54, 1.807) is 18.0 Å². The minimum atomic E-state index is 0.695. The Kier molecular flexibility index (Phi) is 6.39. The van der Waals surface area contributed by atoms with Gasteiger partial charge in [-0.25, -0.2) is 0 Å². The van der Waals surface area contributed by atoms with Crippen molar-refractivity contribution in [2.24, 2.45) is 0 Å². The Hall–Kier alpha value is -2.92. The quantitative estimate of drug-likeness (QED) is 0.443. The second-order valence-corrected chi connectivity index (χ2v) is 7.08. The van der Waals surface area contributed by atoms with E-state index in [0.717, 1.165) is 23.1 Å². The van der Waals surface area contributed by atoms with E-state index in [4.69, 9.17) is 0 Å². The summed E-state index contributed by atoms with van der Waals surface area (Å²) in [5.41, 5.74) is 4.45. The Morgan fingerprint density at radius 1 is 1.15 bits per heavy atom. The van der Waals surface area contributed by atoms with Gasteiger partial charge in [0, 0.05) is 52.7 Å². The third-order valence-electron chi connectivity index (χ3n) is 4.23. The fraction of sp³-hybridized carbons (Fsp3) is 0.136. The lowest BCUT2D eigenvalue weighted by molar-refractivity contribution is 0.112. The molecule has 0 radical (unpaired) electrons. The number of fused-ring (bicyclic) bond motifs is 1. The molecule has 27 heavy (non-hydrogen) atoms. The van der Waals surface area contributed by atoms with Gasteiger partial charge in [-0.3, -0.25) is 8.77 Å². The van der Waals surface area contributed by atoms with Crippen molar-refractivity contribution in [2.45, 2.75) is 18.2 Å². The number of H-pyrrole nitrogens is 1. The summed E-state index contributed by atoms with van der Waals surface area (Å²) in [6.45, 7) is 2.16. The monoisotopic (exact) mass is 377 g/mol. The minimum absolute atomic E-state index is 0.695. The van der Waals surface area contributed by atoms with Gasteiger partial charge in [0.05, 0.1) is 0 Å². The summed E-state index contributed by atoms with van der Waals surface area (Å²) < 4.78 is 1.93. The van der Waals surface area contributed by atoms with Crippen LogP contribution in [0, 0.1) is 0 Å². The van der Waals surface area contributed by atoms with Crippen molar-refractivity contribution in [3.63, 3.8) is 0 Å². The molecule has 0 atom stereocenters. The zero-order chi connectivity index (χ0) is 19.1. The summed E-state index contributed by atoms with van der Waals surface area (Å²) in [4.78, 5) is 14.9. The largest absolute Gasteiger partial charge is 0.388 e. The summed E-state index contributed by atoms with van der Waals surface area (Å²) in [5, 5.41) is 4.34. The smallest absolute Gasteiger partial charge is 0.151 e. The molecule has 2 N–H and O–H groups in total. The molecule has 5 heteroatoms. The molecule has 0 saturated heterocycles. The first-order valence-corrected chi connectivity index (χ1v) is 9.65. The molecular weight excluding hydrogens is 354 g/mol. The average Bonchev–Trinajstić information content (AvgIpc) is 3.37. The van der Waals surface area contributed by atoms with E-state index < -0.39 is 0 Å². The van der Waals surface area contributed by atoms with Crippen LogP contribution in [-0.2, 0) is 6.42 Å². The molecule has 4 rings (SSSR count). The number of carbonyl (C=O) groups is 1. The second-order valence-electron chi connectivity index (χ2n) is 6.00. The zero-order valence-electron chi connectivity index (χ0n) is 15.5. The SMILES string of the molecule is CCc1ccccc1NC.O=Cc1ccn(Sc2ccc3[nH]ccc3c2)c1. The Labute approximate surface area is 163 Å². The van der Waals surface area contributed by atoms with Crippen LogP contribution in [0.1, 0.15) is 22.8 Å². The van der Waals surface area contributed by atoms with Crippen molar-refractivity contribution in [1.29, 1.82) is 0 Å². The van der Waals surface area contributed by atoms with E-state index >= 15 is 0 Å². The normalized spacial score (nSPS) is 10.3. The summed E-state index contributed by atoms with van der Waals surface area (Å²) in [7, 11) is 1.95. The molecule has 0 bridgehead atoms. The number of anilines is 1. The van der Waals surface area contributed by atoms with E-state index in [1.807, 2.05) is 41.7 Å². The number of nitrogens with zero attached hydrogens (tertiary/aromatic N) is 1. The molecule has 138 valence electrons. The van der Waals surface area contributed by atoms with E-state index in [0.29, 0.717) is 5.56 Å². The topological polar surface area (TPSA) is 49.8 Å². The third-order valence-corrected chi connectivity index (χ3v) is 5.13. The van der Waals surface area contributed by atoms with Gasteiger partial charge >= 0.3 is 0 Å². The molecule has 0 amide bonds. The Balaban J connectivity index is 0.000000180. The van der Waals surface area contributed by atoms with Crippen LogP contribution >= 0.6 is 11.9 Å². The maximum absolute atomic E-state index is 10.6. The number of aromatic amines is 1. The van der Waals surface area contributed by atoms with Crippen LogP contribution in [0.25, 0.3) is 10.9 Å². The van der Waals surface area contributed by atoms with Crippen molar-refractivity contribution >= 4 is 34.8 Å². The van der Waals surface area contributed by atoms with Crippen LogP contribution in [0.15, 0.2) is 78.1 Å². The maximum atomic E-state index is 10.6. The summed E-state index contributed by atoms with van der Waals surface area (Å²) >= 11 is 1.59. The van der Waals surface area contributed by atoms with E-state index in [2.05, 4.69) is 53.6 Å². The summed E-state index contributed by atoms with van der Waals surface area (Å²) in [5.74, 6) is 0. The number of hydrogen-bond acceptors (Lipinski definition) is 3. The molecule has 0 spiro atoms. The molecule has 2 aromatic carbocycles. The van der Waals surface area contributed by atoms with Gasteiger partial charge in [0.15, 0.2) is 6.29 Å². The average molecular weight is 378 g/mol. The molecule has 0 aliphatic heterocycles. The maximum Gasteiger partial charge on any atom is 0.151 e. The van der Waals surface area contributed by atoms with Crippen molar-refractivity contribution in [3.8, 4) is 0 Å². The van der Waals surface area contributed by atoms with Gasteiger partial charge in [0.1, 0.15) is 0 Å². The number of para-hydroxylation sites is 1. The molecule has 4 aromatic rings. The first-order chi connectivity index (χ1) is 13.2. The van der Waals surface area contributed by atoms with Crippen molar-refractivity contribution in [2.75, 3.05) is 12.4 Å². The second kappa shape index (κ2) is 9.14. The molecule has 0 aliphatic rings. The molecule has 4 nitrogen and oxygen atoms in total. The first kappa shape index (κ1) is 18.9. The van der Waals surface area contributed by atoms with E-state index in [1.165, 1.54) is 16.6 Å². The van der Waals surface area contributed by atoms with Crippen molar-refractivity contribution in [1.82, 2.24) is 8.96 Å². The van der Waals surface area contributed by atoms with Gasteiger partial charge in [-0.1, -0.05) is 25.1 Å². The Morgan fingerprint density at radius 2 is 2.00 bits per heavy atom. The van der Waals surface area contributed by atoms with Gasteiger partial charge < -0.3 is 10.3 Å². The first-order valence-electron chi connectivity index (χ1n) is 8.87. The number of rotatable bonds is 5. The van der Waals surface area contributed by atoms with Crippen LogP contribution in [-0.4, -0.2) is 22.3 Å². The number of aryl methyl sites for hydroxylation is 1. The lowest BCUT2D eigenvalue weighted by Gasteiger charge is -2.04. The molecule has 2 heterocycles. The van der Waals surface area contributed by atoms with Gasteiger partial charge in [0.25, 0.3) is 0 Å². The lowest BCUT2D eigenvalue weighted by atomic mass is 10.1. The number of benzene rings is 2. The van der Waals surface area contributed by atoms with Crippen LogP contribution in [0.5, 0.6) is 0 Å².